The van der Waals surface area contributed by atoms with Gasteiger partial charge in [0.05, 0.1) is 0 Å². The summed E-state index contributed by atoms with van der Waals surface area (Å²) in [6.45, 7) is 6.40. The second-order valence-electron chi connectivity index (χ2n) is 4.69. The fourth-order valence-corrected chi connectivity index (χ4v) is 1.85. The van der Waals surface area contributed by atoms with Gasteiger partial charge in [0.25, 0.3) is 0 Å². The van der Waals surface area contributed by atoms with Gasteiger partial charge in [0.2, 0.25) is 0 Å². The maximum Gasteiger partial charge on any atom is 0.121 e. The van der Waals surface area contributed by atoms with Crippen LogP contribution in [0.4, 0.5) is 0 Å². The van der Waals surface area contributed by atoms with Gasteiger partial charge in [-0.25, -0.2) is 0 Å². The molecule has 0 saturated carbocycles. The topological polar surface area (TPSA) is 35.2 Å². The van der Waals surface area contributed by atoms with E-state index in [9.17, 15) is 0 Å². The molecule has 17 heavy (non-hydrogen) atoms. The van der Waals surface area contributed by atoms with Crippen molar-refractivity contribution in [2.45, 2.75) is 45.8 Å². The molecule has 0 aliphatic rings. The summed E-state index contributed by atoms with van der Waals surface area (Å²) in [5.41, 5.74) is 6.12. The van der Waals surface area contributed by atoms with Crippen molar-refractivity contribution in [3.63, 3.8) is 0 Å². The molecule has 0 radical (unpaired) electrons. The Morgan fingerprint density at radius 1 is 1.35 bits per heavy atom. The second kappa shape index (κ2) is 6.87. The van der Waals surface area contributed by atoms with Crippen LogP contribution in [0.5, 0.6) is 5.75 Å². The van der Waals surface area contributed by atoms with Gasteiger partial charge in [0, 0.05) is 11.1 Å². The summed E-state index contributed by atoms with van der Waals surface area (Å²) in [5.74, 6) is 1.42. The zero-order valence-electron chi connectivity index (χ0n) is 10.8. The first-order chi connectivity index (χ1) is 8.02. The molecule has 0 aliphatic heterocycles. The van der Waals surface area contributed by atoms with E-state index in [2.05, 4.69) is 13.8 Å². The van der Waals surface area contributed by atoms with E-state index >= 15 is 0 Å². The summed E-state index contributed by atoms with van der Waals surface area (Å²) in [5, 5.41) is 0.685. The van der Waals surface area contributed by atoms with Crippen molar-refractivity contribution >= 4 is 11.6 Å². The molecule has 0 saturated heterocycles. The molecule has 1 aromatic rings. The van der Waals surface area contributed by atoms with E-state index in [1.54, 1.807) is 0 Å². The first kappa shape index (κ1) is 14.3. The van der Waals surface area contributed by atoms with E-state index < -0.39 is 0 Å². The van der Waals surface area contributed by atoms with Crippen molar-refractivity contribution in [1.29, 1.82) is 0 Å². The molecule has 0 bridgehead atoms. The quantitative estimate of drug-likeness (QED) is 0.838. The lowest BCUT2D eigenvalue weighted by Crippen LogP contribution is -2.37. The Hall–Kier alpha value is -0.730. The zero-order chi connectivity index (χ0) is 12.8. The molecule has 1 rings (SSSR count). The molecule has 0 aromatic heterocycles. The van der Waals surface area contributed by atoms with E-state index in [0.29, 0.717) is 10.9 Å². The molecular weight excluding hydrogens is 234 g/mol. The molecule has 0 fully saturated rings. The van der Waals surface area contributed by atoms with Crippen LogP contribution in [-0.4, -0.2) is 12.1 Å². The van der Waals surface area contributed by atoms with E-state index in [1.807, 2.05) is 31.2 Å². The van der Waals surface area contributed by atoms with Crippen molar-refractivity contribution in [2.24, 2.45) is 11.7 Å². The van der Waals surface area contributed by atoms with Crippen molar-refractivity contribution in [2.75, 3.05) is 0 Å². The number of benzene rings is 1. The van der Waals surface area contributed by atoms with Gasteiger partial charge in [-0.3, -0.25) is 0 Å². The SMILES string of the molecule is CCC(C)CC(N)C(C)Oc1cccc(Cl)c1. The summed E-state index contributed by atoms with van der Waals surface area (Å²) >= 11 is 5.90. The lowest BCUT2D eigenvalue weighted by atomic mass is 9.97. The van der Waals surface area contributed by atoms with E-state index in [1.165, 1.54) is 0 Å². The molecule has 0 heterocycles. The predicted octanol–water partition coefficient (Wildman–Crippen LogP) is 3.87. The number of hydrogen-bond acceptors (Lipinski definition) is 2. The van der Waals surface area contributed by atoms with E-state index in [0.717, 1.165) is 18.6 Å². The molecule has 3 heteroatoms. The highest BCUT2D eigenvalue weighted by Crippen LogP contribution is 2.20. The summed E-state index contributed by atoms with van der Waals surface area (Å²) < 4.78 is 5.79. The third-order valence-corrected chi connectivity index (χ3v) is 3.33. The van der Waals surface area contributed by atoms with Crippen molar-refractivity contribution < 1.29 is 4.74 Å². The first-order valence-electron chi connectivity index (χ1n) is 6.20. The van der Waals surface area contributed by atoms with Crippen molar-refractivity contribution in [3.05, 3.63) is 29.3 Å². The summed E-state index contributed by atoms with van der Waals surface area (Å²) in [6, 6.07) is 7.48. The molecule has 1 aromatic carbocycles. The summed E-state index contributed by atoms with van der Waals surface area (Å²) in [4.78, 5) is 0. The molecule has 2 N–H and O–H groups in total. The average molecular weight is 256 g/mol. The van der Waals surface area contributed by atoms with Crippen LogP contribution in [0.1, 0.15) is 33.6 Å². The lowest BCUT2D eigenvalue weighted by Gasteiger charge is -2.23. The molecule has 3 atom stereocenters. The highest BCUT2D eigenvalue weighted by molar-refractivity contribution is 6.30. The smallest absolute Gasteiger partial charge is 0.121 e. The van der Waals surface area contributed by atoms with Crippen LogP contribution in [-0.2, 0) is 0 Å². The fraction of sp³-hybridized carbons (Fsp3) is 0.571. The highest BCUT2D eigenvalue weighted by atomic mass is 35.5. The minimum Gasteiger partial charge on any atom is -0.489 e. The molecule has 2 nitrogen and oxygen atoms in total. The maximum absolute atomic E-state index is 6.12. The largest absolute Gasteiger partial charge is 0.489 e. The van der Waals surface area contributed by atoms with Crippen LogP contribution in [0, 0.1) is 5.92 Å². The molecule has 0 aliphatic carbocycles. The summed E-state index contributed by atoms with van der Waals surface area (Å²) in [6.07, 6.45) is 2.14. The molecule has 3 unspecified atom stereocenters. The second-order valence-corrected chi connectivity index (χ2v) is 5.13. The Bertz CT molecular complexity index is 343. The number of halogens is 1. The van der Waals surface area contributed by atoms with Gasteiger partial charge in [-0.15, -0.1) is 0 Å². The molecule has 0 amide bonds. The van der Waals surface area contributed by atoms with Crippen molar-refractivity contribution in [1.82, 2.24) is 0 Å². The monoisotopic (exact) mass is 255 g/mol. The van der Waals surface area contributed by atoms with Crippen LogP contribution in [0.15, 0.2) is 24.3 Å². The highest BCUT2D eigenvalue weighted by Gasteiger charge is 2.16. The van der Waals surface area contributed by atoms with E-state index in [4.69, 9.17) is 22.1 Å². The normalized spacial score (nSPS) is 16.3. The number of rotatable bonds is 6. The Kier molecular flexibility index (Phi) is 5.79. The number of nitrogens with two attached hydrogens (primary N) is 1. The van der Waals surface area contributed by atoms with Gasteiger partial charge >= 0.3 is 0 Å². The van der Waals surface area contributed by atoms with E-state index in [-0.39, 0.29) is 12.1 Å². The third-order valence-electron chi connectivity index (χ3n) is 3.09. The molecule has 0 spiro atoms. The van der Waals surface area contributed by atoms with Crippen LogP contribution in [0.25, 0.3) is 0 Å². The van der Waals surface area contributed by atoms with Crippen LogP contribution < -0.4 is 10.5 Å². The van der Waals surface area contributed by atoms with Crippen LogP contribution >= 0.6 is 11.6 Å². The van der Waals surface area contributed by atoms with Gasteiger partial charge in [-0.1, -0.05) is 37.9 Å². The van der Waals surface area contributed by atoms with Crippen molar-refractivity contribution in [3.8, 4) is 5.75 Å². The average Bonchev–Trinajstić information content (AvgIpc) is 2.28. The molecular formula is C14H22ClNO. The maximum atomic E-state index is 6.12. The molecule has 96 valence electrons. The zero-order valence-corrected chi connectivity index (χ0v) is 11.6. The van der Waals surface area contributed by atoms with Crippen LogP contribution in [0.2, 0.25) is 5.02 Å². The Morgan fingerprint density at radius 2 is 2.06 bits per heavy atom. The first-order valence-corrected chi connectivity index (χ1v) is 6.58. The van der Waals surface area contributed by atoms with Gasteiger partial charge in [-0.2, -0.15) is 0 Å². The van der Waals surface area contributed by atoms with Gasteiger partial charge in [0.15, 0.2) is 0 Å². The standard InChI is InChI=1S/C14H22ClNO/c1-4-10(2)8-14(16)11(3)17-13-7-5-6-12(15)9-13/h5-7,9-11,14H,4,8,16H2,1-3H3. The van der Waals surface area contributed by atoms with Gasteiger partial charge in [0.1, 0.15) is 11.9 Å². The number of ether oxygens (including phenoxy) is 1. The Balaban J connectivity index is 2.50. The Labute approximate surface area is 109 Å². The summed E-state index contributed by atoms with van der Waals surface area (Å²) in [7, 11) is 0. The predicted molar refractivity (Wildman–Crippen MR) is 73.6 cm³/mol. The fourth-order valence-electron chi connectivity index (χ4n) is 1.67. The minimum atomic E-state index is 0.00228. The van der Waals surface area contributed by atoms with Gasteiger partial charge in [-0.05, 0) is 37.5 Å². The lowest BCUT2D eigenvalue weighted by molar-refractivity contribution is 0.175. The number of hydrogen-bond donors (Lipinski definition) is 1. The Morgan fingerprint density at radius 3 is 2.65 bits per heavy atom. The van der Waals surface area contributed by atoms with Gasteiger partial charge < -0.3 is 10.5 Å². The minimum absolute atomic E-state index is 0.00228. The van der Waals surface area contributed by atoms with Crippen LogP contribution in [0.3, 0.4) is 0 Å². The third kappa shape index (κ3) is 4.97.